The molecule has 3 rings (SSSR count). The lowest BCUT2D eigenvalue weighted by Crippen LogP contribution is -2.13. The van der Waals surface area contributed by atoms with Crippen molar-refractivity contribution >= 4 is 0 Å². The molecule has 23 heavy (non-hydrogen) atoms. The SMILES string of the molecule is CCC[C@H]1CC[C@H](c2ccc(-c3ccc(F)c(F)c3)nc2)CC1. The molecule has 1 fully saturated rings. The van der Waals surface area contributed by atoms with Crippen molar-refractivity contribution in [3.63, 3.8) is 0 Å². The lowest BCUT2D eigenvalue weighted by atomic mass is 9.77. The molecule has 0 N–H and O–H groups in total. The molecule has 0 bridgehead atoms. The molecule has 0 radical (unpaired) electrons. The first kappa shape index (κ1) is 16.1. The maximum Gasteiger partial charge on any atom is 0.159 e. The Morgan fingerprint density at radius 2 is 1.78 bits per heavy atom. The molecule has 3 heteroatoms. The molecule has 1 nitrogen and oxygen atoms in total. The normalized spacial score (nSPS) is 21.3. The molecule has 1 aliphatic carbocycles. The van der Waals surface area contributed by atoms with Gasteiger partial charge in [-0.15, -0.1) is 0 Å². The van der Waals surface area contributed by atoms with Gasteiger partial charge >= 0.3 is 0 Å². The van der Waals surface area contributed by atoms with Crippen LogP contribution in [0.5, 0.6) is 0 Å². The summed E-state index contributed by atoms with van der Waals surface area (Å²) in [5.41, 5.74) is 2.57. The number of nitrogens with zero attached hydrogens (tertiary/aromatic N) is 1. The van der Waals surface area contributed by atoms with Gasteiger partial charge in [0.05, 0.1) is 5.69 Å². The van der Waals surface area contributed by atoms with Crippen LogP contribution in [0.1, 0.15) is 56.9 Å². The predicted octanol–water partition coefficient (Wildman–Crippen LogP) is 6.10. The highest BCUT2D eigenvalue weighted by Gasteiger charge is 2.22. The highest BCUT2D eigenvalue weighted by Crippen LogP contribution is 2.37. The van der Waals surface area contributed by atoms with Crippen LogP contribution in [0.25, 0.3) is 11.3 Å². The number of halogens is 2. The van der Waals surface area contributed by atoms with Gasteiger partial charge in [-0.25, -0.2) is 8.78 Å². The molecule has 0 aliphatic heterocycles. The molecule has 1 aromatic heterocycles. The first-order valence-corrected chi connectivity index (χ1v) is 8.58. The maximum absolute atomic E-state index is 13.3. The summed E-state index contributed by atoms with van der Waals surface area (Å²) in [6, 6.07) is 7.92. The lowest BCUT2D eigenvalue weighted by Gasteiger charge is -2.28. The topological polar surface area (TPSA) is 12.9 Å². The number of aromatic nitrogens is 1. The predicted molar refractivity (Wildman–Crippen MR) is 89.2 cm³/mol. The maximum atomic E-state index is 13.3. The van der Waals surface area contributed by atoms with Crippen molar-refractivity contribution in [2.45, 2.75) is 51.4 Å². The van der Waals surface area contributed by atoms with Crippen molar-refractivity contribution in [1.29, 1.82) is 0 Å². The van der Waals surface area contributed by atoms with Gasteiger partial charge in [-0.1, -0.05) is 25.8 Å². The highest BCUT2D eigenvalue weighted by molar-refractivity contribution is 5.59. The minimum Gasteiger partial charge on any atom is -0.256 e. The van der Waals surface area contributed by atoms with E-state index >= 15 is 0 Å². The van der Waals surface area contributed by atoms with Gasteiger partial charge in [-0.3, -0.25) is 4.98 Å². The molecule has 0 unspecified atom stereocenters. The zero-order valence-electron chi connectivity index (χ0n) is 13.6. The monoisotopic (exact) mass is 315 g/mol. The van der Waals surface area contributed by atoms with Crippen LogP contribution < -0.4 is 0 Å². The Hall–Kier alpha value is -1.77. The van der Waals surface area contributed by atoms with Gasteiger partial charge in [0.2, 0.25) is 0 Å². The van der Waals surface area contributed by atoms with Crippen molar-refractivity contribution in [2.75, 3.05) is 0 Å². The van der Waals surface area contributed by atoms with E-state index in [0.29, 0.717) is 17.2 Å². The summed E-state index contributed by atoms with van der Waals surface area (Å²) in [5.74, 6) is -0.169. The standard InChI is InChI=1S/C20H23F2N/c1-2-3-14-4-6-15(7-5-14)17-9-11-20(23-13-17)16-8-10-18(21)19(22)12-16/h8-15H,2-7H2,1H3/t14-,15-. The minimum atomic E-state index is -0.831. The van der Waals surface area contributed by atoms with Gasteiger partial charge < -0.3 is 0 Å². The second-order valence-electron chi connectivity index (χ2n) is 6.61. The first-order chi connectivity index (χ1) is 11.2. The molecule has 1 aromatic carbocycles. The number of rotatable bonds is 4. The molecule has 0 amide bonds. The van der Waals surface area contributed by atoms with Gasteiger partial charge in [0.1, 0.15) is 0 Å². The summed E-state index contributed by atoms with van der Waals surface area (Å²) in [4.78, 5) is 4.46. The van der Waals surface area contributed by atoms with Gasteiger partial charge in [-0.2, -0.15) is 0 Å². The van der Waals surface area contributed by atoms with Crippen LogP contribution in [0.15, 0.2) is 36.5 Å². The zero-order valence-corrected chi connectivity index (χ0v) is 13.6. The molecular weight excluding hydrogens is 292 g/mol. The van der Waals surface area contributed by atoms with E-state index in [1.807, 2.05) is 12.3 Å². The van der Waals surface area contributed by atoms with E-state index in [0.717, 1.165) is 12.0 Å². The van der Waals surface area contributed by atoms with Gasteiger partial charge in [0, 0.05) is 11.8 Å². The van der Waals surface area contributed by atoms with E-state index in [1.165, 1.54) is 50.2 Å². The number of pyridine rings is 1. The summed E-state index contributed by atoms with van der Waals surface area (Å²) in [6.45, 7) is 2.26. The van der Waals surface area contributed by atoms with Crippen LogP contribution in [-0.2, 0) is 0 Å². The van der Waals surface area contributed by atoms with E-state index in [2.05, 4.69) is 18.0 Å². The van der Waals surface area contributed by atoms with Gasteiger partial charge in [0.15, 0.2) is 11.6 Å². The lowest BCUT2D eigenvalue weighted by molar-refractivity contribution is 0.308. The van der Waals surface area contributed by atoms with Crippen molar-refractivity contribution in [1.82, 2.24) is 4.98 Å². The average molecular weight is 315 g/mol. The largest absolute Gasteiger partial charge is 0.256 e. The molecular formula is C20H23F2N. The molecule has 122 valence electrons. The third-order valence-electron chi connectivity index (χ3n) is 5.02. The Labute approximate surface area is 136 Å². The zero-order chi connectivity index (χ0) is 16.2. The Balaban J connectivity index is 1.69. The molecule has 2 aromatic rings. The van der Waals surface area contributed by atoms with Gasteiger partial charge in [-0.05, 0) is 67.3 Å². The first-order valence-electron chi connectivity index (χ1n) is 8.58. The minimum absolute atomic E-state index is 0.592. The van der Waals surface area contributed by atoms with Crippen LogP contribution in [-0.4, -0.2) is 4.98 Å². The number of benzene rings is 1. The molecule has 0 atom stereocenters. The smallest absolute Gasteiger partial charge is 0.159 e. The number of hydrogen-bond acceptors (Lipinski definition) is 1. The number of hydrogen-bond donors (Lipinski definition) is 0. The molecule has 0 saturated heterocycles. The molecule has 1 saturated carbocycles. The van der Waals surface area contributed by atoms with E-state index < -0.39 is 11.6 Å². The highest BCUT2D eigenvalue weighted by atomic mass is 19.2. The summed E-state index contributed by atoms with van der Waals surface area (Å²) < 4.78 is 26.3. The van der Waals surface area contributed by atoms with Crippen LogP contribution in [0.4, 0.5) is 8.78 Å². The second-order valence-corrected chi connectivity index (χ2v) is 6.61. The fourth-order valence-corrected chi connectivity index (χ4v) is 3.67. The Bertz CT molecular complexity index is 643. The summed E-state index contributed by atoms with van der Waals surface area (Å²) in [7, 11) is 0. The van der Waals surface area contributed by atoms with Crippen LogP contribution in [0.2, 0.25) is 0 Å². The van der Waals surface area contributed by atoms with E-state index in [9.17, 15) is 8.78 Å². The fraction of sp³-hybridized carbons (Fsp3) is 0.450. The summed E-state index contributed by atoms with van der Waals surface area (Å²) >= 11 is 0. The molecule has 1 aliphatic rings. The summed E-state index contributed by atoms with van der Waals surface area (Å²) in [5, 5.41) is 0. The van der Waals surface area contributed by atoms with E-state index in [4.69, 9.17) is 0 Å². The quantitative estimate of drug-likeness (QED) is 0.664. The van der Waals surface area contributed by atoms with Crippen LogP contribution >= 0.6 is 0 Å². The summed E-state index contributed by atoms with van der Waals surface area (Å²) in [6.07, 6.45) is 9.61. The molecule has 1 heterocycles. The van der Waals surface area contributed by atoms with Crippen molar-refractivity contribution in [2.24, 2.45) is 5.92 Å². The van der Waals surface area contributed by atoms with Crippen molar-refractivity contribution < 1.29 is 8.78 Å². The third-order valence-corrected chi connectivity index (χ3v) is 5.02. The fourth-order valence-electron chi connectivity index (χ4n) is 3.67. The van der Waals surface area contributed by atoms with Gasteiger partial charge in [0.25, 0.3) is 0 Å². The Morgan fingerprint density at radius 1 is 1.00 bits per heavy atom. The Kier molecular flexibility index (Phi) is 5.04. The average Bonchev–Trinajstić information content (AvgIpc) is 2.59. The Morgan fingerprint density at radius 3 is 2.39 bits per heavy atom. The van der Waals surface area contributed by atoms with Crippen LogP contribution in [0.3, 0.4) is 0 Å². The van der Waals surface area contributed by atoms with Crippen molar-refractivity contribution in [3.05, 3.63) is 53.7 Å². The van der Waals surface area contributed by atoms with E-state index in [-0.39, 0.29) is 0 Å². The van der Waals surface area contributed by atoms with E-state index in [1.54, 1.807) is 6.07 Å². The third kappa shape index (κ3) is 3.77. The molecule has 0 spiro atoms. The van der Waals surface area contributed by atoms with Crippen LogP contribution in [0, 0.1) is 17.6 Å². The second kappa shape index (κ2) is 7.20. The van der Waals surface area contributed by atoms with Crippen molar-refractivity contribution in [3.8, 4) is 11.3 Å².